The first kappa shape index (κ1) is 32.7. The molecular weight excluding hydrogens is 305 g/mol. The Kier molecular flexibility index (Phi) is 36.3. The Bertz CT molecular complexity index is 281. The van der Waals surface area contributed by atoms with Gasteiger partial charge in [0.1, 0.15) is 0 Å². The average Bonchev–Trinajstić information content (AvgIpc) is 2.23. The summed E-state index contributed by atoms with van der Waals surface area (Å²) in [6.07, 6.45) is -1.32. The Hall–Kier alpha value is 0.880. The van der Waals surface area contributed by atoms with E-state index in [0.717, 1.165) is 0 Å². The fraction of sp³-hybridized carbons (Fsp3) is 0.556. The smallest absolute Gasteiger partial charge is 0.550 e. The van der Waals surface area contributed by atoms with E-state index in [4.69, 9.17) is 0 Å². The van der Waals surface area contributed by atoms with Crippen LogP contribution in [0.1, 0.15) is 25.7 Å². The molecule has 0 heterocycles. The van der Waals surface area contributed by atoms with Gasteiger partial charge in [0.15, 0.2) is 0 Å². The van der Waals surface area contributed by atoms with Gasteiger partial charge in [-0.05, 0) is 19.3 Å². The quantitative estimate of drug-likeness (QED) is 0.346. The predicted molar refractivity (Wildman–Crippen MR) is 45.5 cm³/mol. The van der Waals surface area contributed by atoms with Crippen molar-refractivity contribution in [2.75, 3.05) is 7.11 Å². The molecule has 0 aromatic carbocycles. The molecule has 0 saturated carbocycles. The van der Waals surface area contributed by atoms with E-state index in [1.165, 1.54) is 7.11 Å². The minimum atomic E-state index is -1.37. The maximum absolute atomic E-state index is 10.2. The SMILES string of the molecule is COC(=O)CCC(=O)[O-].O=C([O-])CCC(=O)[O-].[Na+].[Na+].[Na+]. The van der Waals surface area contributed by atoms with E-state index in [-0.39, 0.29) is 102 Å². The van der Waals surface area contributed by atoms with Crippen molar-refractivity contribution in [3.05, 3.63) is 0 Å². The Morgan fingerprint density at radius 1 is 0.700 bits per heavy atom. The Morgan fingerprint density at radius 2 is 0.950 bits per heavy atom. The van der Waals surface area contributed by atoms with Crippen LogP contribution in [-0.2, 0) is 23.9 Å². The van der Waals surface area contributed by atoms with Crippen LogP contribution in [0.3, 0.4) is 0 Å². The maximum atomic E-state index is 10.2. The van der Waals surface area contributed by atoms with Crippen LogP contribution in [0.25, 0.3) is 0 Å². The molecule has 0 aromatic rings. The molecule has 0 unspecified atom stereocenters. The number of esters is 1. The molecule has 0 N–H and O–H groups in total. The van der Waals surface area contributed by atoms with Crippen LogP contribution in [0.15, 0.2) is 0 Å². The molecule has 0 aromatic heterocycles. The van der Waals surface area contributed by atoms with Gasteiger partial charge in [-0.1, -0.05) is 0 Å². The molecule has 0 aliphatic rings. The second-order valence-electron chi connectivity index (χ2n) is 2.69. The first-order valence-corrected chi connectivity index (χ1v) is 4.46. The number of aliphatic carboxylic acids is 3. The topological polar surface area (TPSA) is 147 Å². The first-order chi connectivity index (χ1) is 7.79. The Morgan fingerprint density at radius 3 is 1.15 bits per heavy atom. The maximum Gasteiger partial charge on any atom is 1.00 e. The number of hydrogen-bond acceptors (Lipinski definition) is 8. The summed E-state index contributed by atoms with van der Waals surface area (Å²) in [5.74, 6) is -4.50. The number of hydrogen-bond donors (Lipinski definition) is 0. The van der Waals surface area contributed by atoms with Gasteiger partial charge in [0.05, 0.1) is 13.5 Å². The minimum Gasteiger partial charge on any atom is -0.550 e. The van der Waals surface area contributed by atoms with Gasteiger partial charge in [-0.2, -0.15) is 0 Å². The van der Waals surface area contributed by atoms with Gasteiger partial charge in [-0.3, -0.25) is 4.79 Å². The van der Waals surface area contributed by atoms with Gasteiger partial charge in [-0.25, -0.2) is 0 Å². The monoisotopic (exact) mass is 316 g/mol. The normalized spacial score (nSPS) is 7.25. The van der Waals surface area contributed by atoms with Crippen LogP contribution >= 0.6 is 0 Å². The van der Waals surface area contributed by atoms with Crippen molar-refractivity contribution >= 4 is 23.9 Å². The van der Waals surface area contributed by atoms with Crippen molar-refractivity contribution in [3.63, 3.8) is 0 Å². The van der Waals surface area contributed by atoms with E-state index in [2.05, 4.69) is 4.74 Å². The number of carboxylic acids is 3. The zero-order valence-electron chi connectivity index (χ0n) is 12.1. The third-order valence-corrected chi connectivity index (χ3v) is 1.29. The molecule has 0 spiro atoms. The van der Waals surface area contributed by atoms with Crippen molar-refractivity contribution in [1.82, 2.24) is 0 Å². The summed E-state index contributed by atoms with van der Waals surface area (Å²) in [6.45, 7) is 0. The number of carbonyl (C=O) groups excluding carboxylic acids is 4. The molecule has 0 saturated heterocycles. The second kappa shape index (κ2) is 22.2. The summed E-state index contributed by atoms with van der Waals surface area (Å²) in [5, 5.41) is 28.7. The van der Waals surface area contributed by atoms with E-state index in [9.17, 15) is 34.5 Å². The molecule has 0 amide bonds. The van der Waals surface area contributed by atoms with Crippen molar-refractivity contribution in [3.8, 4) is 0 Å². The molecule has 11 heteroatoms. The molecule has 0 aliphatic heterocycles. The summed E-state index contributed by atoms with van der Waals surface area (Å²) >= 11 is 0. The molecule has 0 bridgehead atoms. The Labute approximate surface area is 182 Å². The molecule has 98 valence electrons. The number of rotatable bonds is 6. The van der Waals surface area contributed by atoms with Crippen LogP contribution in [-0.4, -0.2) is 31.0 Å². The van der Waals surface area contributed by atoms with Gasteiger partial charge >= 0.3 is 94.6 Å². The van der Waals surface area contributed by atoms with Gasteiger partial charge in [0.25, 0.3) is 0 Å². The van der Waals surface area contributed by atoms with Crippen molar-refractivity contribution in [2.24, 2.45) is 0 Å². The molecule has 0 rings (SSSR count). The third-order valence-electron chi connectivity index (χ3n) is 1.29. The molecule has 0 atom stereocenters. The van der Waals surface area contributed by atoms with Gasteiger partial charge in [-0.15, -0.1) is 0 Å². The fourth-order valence-electron chi connectivity index (χ4n) is 0.510. The summed E-state index contributed by atoms with van der Waals surface area (Å²) in [4.78, 5) is 38.9. The summed E-state index contributed by atoms with van der Waals surface area (Å²) in [7, 11) is 1.21. The van der Waals surface area contributed by atoms with Gasteiger partial charge in [0.2, 0.25) is 0 Å². The van der Waals surface area contributed by atoms with Gasteiger partial charge in [0, 0.05) is 17.9 Å². The van der Waals surface area contributed by atoms with E-state index in [1.54, 1.807) is 0 Å². The van der Waals surface area contributed by atoms with E-state index < -0.39 is 36.7 Å². The fourth-order valence-corrected chi connectivity index (χ4v) is 0.510. The predicted octanol–water partition coefficient (Wildman–Crippen LogP) is -13.0. The van der Waals surface area contributed by atoms with Crippen molar-refractivity contribution < 1.29 is 128 Å². The van der Waals surface area contributed by atoms with Crippen LogP contribution in [0.5, 0.6) is 0 Å². The van der Waals surface area contributed by atoms with Crippen LogP contribution in [0.4, 0.5) is 0 Å². The summed E-state index contributed by atoms with van der Waals surface area (Å²) in [6, 6.07) is 0. The van der Waals surface area contributed by atoms with Crippen LogP contribution in [0, 0.1) is 0 Å². The molecular formula is C9H11Na3O8. The summed E-state index contributed by atoms with van der Waals surface area (Å²) < 4.78 is 4.17. The van der Waals surface area contributed by atoms with Crippen molar-refractivity contribution in [1.29, 1.82) is 0 Å². The summed E-state index contributed by atoms with van der Waals surface area (Å²) in [5.41, 5.74) is 0. The zero-order valence-corrected chi connectivity index (χ0v) is 18.1. The number of ether oxygens (including phenoxy) is 1. The molecule has 0 fully saturated rings. The zero-order chi connectivity index (χ0) is 13.8. The van der Waals surface area contributed by atoms with E-state index in [1.807, 2.05) is 0 Å². The van der Waals surface area contributed by atoms with E-state index in [0.29, 0.717) is 0 Å². The first-order valence-electron chi connectivity index (χ1n) is 4.46. The van der Waals surface area contributed by atoms with Crippen molar-refractivity contribution in [2.45, 2.75) is 25.7 Å². The number of carboxylic acid groups (broad SMARTS) is 3. The Balaban J connectivity index is -0.0000000655. The largest absolute Gasteiger partial charge is 1.00 e. The second-order valence-corrected chi connectivity index (χ2v) is 2.69. The van der Waals surface area contributed by atoms with Crippen LogP contribution < -0.4 is 104 Å². The third kappa shape index (κ3) is 36.4. The standard InChI is InChI=1S/C5H8O4.C4H6O4.3Na/c1-9-5(8)3-2-4(6)7;5-3(6)1-2-4(7)8;;;/h2-3H2,1H3,(H,6,7);1-2H2,(H,5,6)(H,7,8);;;/q;;3*+1/p-3. The van der Waals surface area contributed by atoms with Crippen LogP contribution in [0.2, 0.25) is 0 Å². The number of methoxy groups -OCH3 is 1. The average molecular weight is 316 g/mol. The minimum absolute atomic E-state index is 0. The molecule has 20 heavy (non-hydrogen) atoms. The molecule has 0 aliphatic carbocycles. The van der Waals surface area contributed by atoms with E-state index >= 15 is 0 Å². The van der Waals surface area contributed by atoms with Gasteiger partial charge < -0.3 is 34.4 Å². The number of carbonyl (C=O) groups is 4. The molecule has 8 nitrogen and oxygen atoms in total. The molecule has 0 radical (unpaired) electrons.